The normalized spacial score (nSPS) is 10.4. The number of hydrogen-bond acceptors (Lipinski definition) is 3. The molecule has 0 aliphatic carbocycles. The largest absolute Gasteiger partial charge is 0.486 e. The van der Waals surface area contributed by atoms with Crippen LogP contribution in [0.25, 0.3) is 0 Å². The van der Waals surface area contributed by atoms with E-state index < -0.39 is 0 Å². The first-order valence-electron chi connectivity index (χ1n) is 5.04. The second-order valence-electron chi connectivity index (χ2n) is 3.24. The number of halogens is 1. The lowest BCUT2D eigenvalue weighted by Crippen LogP contribution is -2.07. The van der Waals surface area contributed by atoms with E-state index in [0.29, 0.717) is 6.61 Å². The molecule has 16 heavy (non-hydrogen) atoms. The van der Waals surface area contributed by atoms with Crippen molar-refractivity contribution in [3.63, 3.8) is 0 Å². The molecular formula is C11H12BrN3O. The lowest BCUT2D eigenvalue weighted by Gasteiger charge is -2.06. The zero-order valence-electron chi connectivity index (χ0n) is 8.93. The number of nitrogens with zero attached hydrogens (tertiary/aromatic N) is 3. The first kappa shape index (κ1) is 11.1. The Balaban J connectivity index is 2.02. The van der Waals surface area contributed by atoms with Gasteiger partial charge in [0, 0.05) is 11.0 Å². The van der Waals surface area contributed by atoms with Crippen LogP contribution in [0.5, 0.6) is 5.75 Å². The third-order valence-electron chi connectivity index (χ3n) is 2.16. The second-order valence-corrected chi connectivity index (χ2v) is 4.15. The molecule has 0 unspecified atom stereocenters. The van der Waals surface area contributed by atoms with E-state index in [2.05, 4.69) is 26.0 Å². The maximum Gasteiger partial charge on any atom is 0.164 e. The zero-order chi connectivity index (χ0) is 11.4. The fourth-order valence-electron chi connectivity index (χ4n) is 1.37. The Bertz CT molecular complexity index is 470. The maximum atomic E-state index is 5.62. The average Bonchev–Trinajstić information content (AvgIpc) is 2.74. The third kappa shape index (κ3) is 2.61. The fraction of sp³-hybridized carbons (Fsp3) is 0.273. The van der Waals surface area contributed by atoms with Gasteiger partial charge in [-0.2, -0.15) is 5.10 Å². The number of aromatic nitrogens is 3. The molecule has 1 aromatic heterocycles. The summed E-state index contributed by atoms with van der Waals surface area (Å²) in [6.45, 7) is 3.26. The molecule has 0 spiro atoms. The van der Waals surface area contributed by atoms with Gasteiger partial charge in [-0.05, 0) is 25.1 Å². The van der Waals surface area contributed by atoms with Crippen molar-refractivity contribution < 1.29 is 4.74 Å². The van der Waals surface area contributed by atoms with Crippen molar-refractivity contribution in [3.05, 3.63) is 40.9 Å². The Morgan fingerprint density at radius 1 is 1.44 bits per heavy atom. The van der Waals surface area contributed by atoms with Gasteiger partial charge in [-0.1, -0.05) is 22.0 Å². The zero-order valence-corrected chi connectivity index (χ0v) is 10.5. The molecule has 2 aromatic rings. The first-order valence-corrected chi connectivity index (χ1v) is 5.84. The van der Waals surface area contributed by atoms with Crippen molar-refractivity contribution >= 4 is 15.9 Å². The van der Waals surface area contributed by atoms with Gasteiger partial charge in [0.15, 0.2) is 5.82 Å². The van der Waals surface area contributed by atoms with Crippen LogP contribution in [0.3, 0.4) is 0 Å². The van der Waals surface area contributed by atoms with Crippen molar-refractivity contribution in [3.8, 4) is 5.75 Å². The van der Waals surface area contributed by atoms with Crippen LogP contribution in [0.4, 0.5) is 0 Å². The summed E-state index contributed by atoms with van der Waals surface area (Å²) in [5.41, 5.74) is 0. The van der Waals surface area contributed by atoms with Crippen LogP contribution in [-0.2, 0) is 13.2 Å². The lowest BCUT2D eigenvalue weighted by molar-refractivity contribution is 0.287. The number of benzene rings is 1. The van der Waals surface area contributed by atoms with Gasteiger partial charge in [-0.15, -0.1) is 0 Å². The van der Waals surface area contributed by atoms with Gasteiger partial charge in [0.25, 0.3) is 0 Å². The topological polar surface area (TPSA) is 39.9 Å². The van der Waals surface area contributed by atoms with Crippen molar-refractivity contribution in [1.29, 1.82) is 0 Å². The second kappa shape index (κ2) is 5.12. The van der Waals surface area contributed by atoms with E-state index >= 15 is 0 Å². The van der Waals surface area contributed by atoms with Crippen LogP contribution in [0.1, 0.15) is 12.7 Å². The molecule has 0 atom stereocenters. The van der Waals surface area contributed by atoms with Crippen LogP contribution in [0, 0.1) is 0 Å². The summed E-state index contributed by atoms with van der Waals surface area (Å²) in [6.07, 6.45) is 1.54. The molecule has 0 saturated heterocycles. The Hall–Kier alpha value is -1.36. The summed E-state index contributed by atoms with van der Waals surface area (Å²) >= 11 is 3.40. The van der Waals surface area contributed by atoms with Gasteiger partial charge < -0.3 is 4.74 Å². The summed E-state index contributed by atoms with van der Waals surface area (Å²) < 4.78 is 8.44. The molecule has 0 bridgehead atoms. The summed E-state index contributed by atoms with van der Waals surface area (Å²) in [5.74, 6) is 1.66. The molecule has 1 heterocycles. The van der Waals surface area contributed by atoms with Crippen molar-refractivity contribution in [1.82, 2.24) is 14.8 Å². The van der Waals surface area contributed by atoms with Crippen LogP contribution in [0.2, 0.25) is 0 Å². The van der Waals surface area contributed by atoms with Gasteiger partial charge in [0.1, 0.15) is 18.7 Å². The monoisotopic (exact) mass is 281 g/mol. The van der Waals surface area contributed by atoms with E-state index in [-0.39, 0.29) is 0 Å². The summed E-state index contributed by atoms with van der Waals surface area (Å²) in [4.78, 5) is 4.14. The predicted molar refractivity (Wildman–Crippen MR) is 64.2 cm³/mol. The van der Waals surface area contributed by atoms with Crippen molar-refractivity contribution in [2.75, 3.05) is 0 Å². The molecule has 1 aromatic carbocycles. The molecular weight excluding hydrogens is 270 g/mol. The van der Waals surface area contributed by atoms with E-state index in [9.17, 15) is 0 Å². The van der Waals surface area contributed by atoms with Crippen molar-refractivity contribution in [2.45, 2.75) is 20.1 Å². The van der Waals surface area contributed by atoms with Crippen molar-refractivity contribution in [2.24, 2.45) is 0 Å². The highest BCUT2D eigenvalue weighted by atomic mass is 79.9. The minimum Gasteiger partial charge on any atom is -0.486 e. The highest BCUT2D eigenvalue weighted by Gasteiger charge is 2.03. The molecule has 4 nitrogen and oxygen atoms in total. The standard InChI is InChI=1S/C11H12BrN3O/c1-2-15-11(13-8-14-15)7-16-10-5-3-4-9(12)6-10/h3-6,8H,2,7H2,1H3. The minimum absolute atomic E-state index is 0.435. The van der Waals surface area contributed by atoms with Gasteiger partial charge in [-0.25, -0.2) is 9.67 Å². The summed E-state index contributed by atoms with van der Waals surface area (Å²) in [5, 5.41) is 4.08. The number of ether oxygens (including phenoxy) is 1. The average molecular weight is 282 g/mol. The molecule has 0 aliphatic rings. The van der Waals surface area contributed by atoms with Gasteiger partial charge >= 0.3 is 0 Å². The molecule has 0 saturated carbocycles. The van der Waals surface area contributed by atoms with E-state index in [0.717, 1.165) is 22.6 Å². The van der Waals surface area contributed by atoms with Crippen LogP contribution < -0.4 is 4.74 Å². The Morgan fingerprint density at radius 3 is 3.06 bits per heavy atom. The Kier molecular flexibility index (Phi) is 3.56. The molecule has 5 heteroatoms. The van der Waals surface area contributed by atoms with E-state index in [1.54, 1.807) is 6.33 Å². The highest BCUT2D eigenvalue weighted by Crippen LogP contribution is 2.18. The van der Waals surface area contributed by atoms with Crippen LogP contribution in [0.15, 0.2) is 35.1 Å². The van der Waals surface area contributed by atoms with Gasteiger partial charge in [0.2, 0.25) is 0 Å². The van der Waals surface area contributed by atoms with Crippen LogP contribution >= 0.6 is 15.9 Å². The maximum absolute atomic E-state index is 5.62. The molecule has 84 valence electrons. The van der Waals surface area contributed by atoms with Gasteiger partial charge in [0.05, 0.1) is 0 Å². The molecule has 0 radical (unpaired) electrons. The number of hydrogen-bond donors (Lipinski definition) is 0. The van der Waals surface area contributed by atoms with E-state index in [4.69, 9.17) is 4.74 Å². The highest BCUT2D eigenvalue weighted by molar-refractivity contribution is 9.10. The number of rotatable bonds is 4. The molecule has 0 N–H and O–H groups in total. The smallest absolute Gasteiger partial charge is 0.164 e. The molecule has 0 amide bonds. The Morgan fingerprint density at radius 2 is 2.31 bits per heavy atom. The molecule has 0 fully saturated rings. The lowest BCUT2D eigenvalue weighted by atomic mass is 10.3. The third-order valence-corrected chi connectivity index (χ3v) is 2.65. The Labute approximate surface area is 102 Å². The fourth-order valence-corrected chi connectivity index (χ4v) is 1.75. The summed E-state index contributed by atoms with van der Waals surface area (Å²) in [7, 11) is 0. The van der Waals surface area contributed by atoms with E-state index in [1.807, 2.05) is 35.9 Å². The van der Waals surface area contributed by atoms with Crippen LogP contribution in [-0.4, -0.2) is 14.8 Å². The molecule has 0 aliphatic heterocycles. The first-order chi connectivity index (χ1) is 7.79. The quantitative estimate of drug-likeness (QED) is 0.865. The minimum atomic E-state index is 0.435. The predicted octanol–water partition coefficient (Wildman–Crippen LogP) is 2.64. The summed E-state index contributed by atoms with van der Waals surface area (Å²) in [6, 6.07) is 7.73. The van der Waals surface area contributed by atoms with E-state index in [1.165, 1.54) is 0 Å². The SMILES string of the molecule is CCn1ncnc1COc1cccc(Br)c1. The molecule has 2 rings (SSSR count). The van der Waals surface area contributed by atoms with Gasteiger partial charge in [-0.3, -0.25) is 0 Å². The number of aryl methyl sites for hydroxylation is 1.